The summed E-state index contributed by atoms with van der Waals surface area (Å²) in [6.45, 7) is 3.88. The number of aromatic nitrogens is 3. The molecule has 0 bridgehead atoms. The average Bonchev–Trinajstić information content (AvgIpc) is 3.13. The molecule has 0 saturated carbocycles. The van der Waals surface area contributed by atoms with Gasteiger partial charge in [0.05, 0.1) is 18.9 Å². The van der Waals surface area contributed by atoms with Gasteiger partial charge in [0.2, 0.25) is 5.91 Å². The van der Waals surface area contributed by atoms with E-state index in [4.69, 9.17) is 9.47 Å². The molecule has 0 fully saturated rings. The number of carbonyl (C=O) groups excluding carboxylic acids is 1. The molecule has 7 nitrogen and oxygen atoms in total. The van der Waals surface area contributed by atoms with Crippen molar-refractivity contribution in [2.45, 2.75) is 31.1 Å². The fourth-order valence-corrected chi connectivity index (χ4v) is 3.70. The van der Waals surface area contributed by atoms with Gasteiger partial charge in [-0.05, 0) is 31.5 Å². The van der Waals surface area contributed by atoms with Gasteiger partial charge in [0.1, 0.15) is 11.5 Å². The number of hydrogen-bond acceptors (Lipinski definition) is 6. The number of ether oxygens (including phenoxy) is 2. The molecule has 1 N–H and O–H groups in total. The molecule has 30 heavy (non-hydrogen) atoms. The molecule has 0 radical (unpaired) electrons. The average molecular weight is 427 g/mol. The van der Waals surface area contributed by atoms with Gasteiger partial charge in [0.25, 0.3) is 0 Å². The van der Waals surface area contributed by atoms with Crippen LogP contribution in [-0.2, 0) is 11.8 Å². The third kappa shape index (κ3) is 5.54. The number of hydrogen-bond donors (Lipinski definition) is 1. The quantitative estimate of drug-likeness (QED) is 0.522. The smallest absolute Gasteiger partial charge is 0.230 e. The second-order valence-electron chi connectivity index (χ2n) is 6.83. The molecule has 3 rings (SSSR count). The summed E-state index contributed by atoms with van der Waals surface area (Å²) >= 11 is 1.34. The zero-order valence-corrected chi connectivity index (χ0v) is 18.3. The van der Waals surface area contributed by atoms with E-state index in [0.717, 1.165) is 11.3 Å². The second kappa shape index (κ2) is 10.2. The lowest BCUT2D eigenvalue weighted by Crippen LogP contribution is -2.28. The Balaban J connectivity index is 1.56. The van der Waals surface area contributed by atoms with Crippen LogP contribution in [0.25, 0.3) is 0 Å². The van der Waals surface area contributed by atoms with Crippen LogP contribution in [0.15, 0.2) is 59.8 Å². The van der Waals surface area contributed by atoms with Gasteiger partial charge in [-0.3, -0.25) is 4.79 Å². The molecule has 0 spiro atoms. The first kappa shape index (κ1) is 21.7. The van der Waals surface area contributed by atoms with Gasteiger partial charge in [-0.15, -0.1) is 10.2 Å². The Bertz CT molecular complexity index is 978. The zero-order valence-electron chi connectivity index (χ0n) is 17.5. The summed E-state index contributed by atoms with van der Waals surface area (Å²) in [7, 11) is 3.49. The number of amides is 1. The molecule has 3 aromatic rings. The van der Waals surface area contributed by atoms with E-state index < -0.39 is 0 Å². The fourth-order valence-electron chi connectivity index (χ4n) is 2.98. The van der Waals surface area contributed by atoms with Gasteiger partial charge < -0.3 is 19.4 Å². The first-order valence-corrected chi connectivity index (χ1v) is 10.6. The van der Waals surface area contributed by atoms with Crippen molar-refractivity contribution < 1.29 is 14.3 Å². The van der Waals surface area contributed by atoms with E-state index in [1.54, 1.807) is 7.11 Å². The van der Waals surface area contributed by atoms with Gasteiger partial charge in [-0.2, -0.15) is 0 Å². The fraction of sp³-hybridized carbons (Fsp3) is 0.318. The van der Waals surface area contributed by atoms with Crippen LogP contribution in [0.2, 0.25) is 0 Å². The third-order valence-electron chi connectivity index (χ3n) is 4.60. The van der Waals surface area contributed by atoms with E-state index in [0.29, 0.717) is 16.7 Å². The summed E-state index contributed by atoms with van der Waals surface area (Å²) in [5, 5.41) is 12.1. The maximum atomic E-state index is 12.3. The molecule has 0 aliphatic carbocycles. The highest BCUT2D eigenvalue weighted by Gasteiger charge is 2.18. The molecule has 1 aromatic heterocycles. The number of nitrogens with zero attached hydrogens (tertiary/aromatic N) is 3. The maximum Gasteiger partial charge on any atom is 0.230 e. The Hall–Kier alpha value is -3.00. The lowest BCUT2D eigenvalue weighted by molar-refractivity contribution is -0.119. The molecule has 1 amide bonds. The van der Waals surface area contributed by atoms with E-state index in [2.05, 4.69) is 15.5 Å². The lowest BCUT2D eigenvalue weighted by Gasteiger charge is -2.15. The van der Waals surface area contributed by atoms with E-state index in [1.807, 2.05) is 80.1 Å². The minimum atomic E-state index is -0.309. The molecule has 2 unspecified atom stereocenters. The molecule has 2 atom stereocenters. The Labute approximate surface area is 180 Å². The van der Waals surface area contributed by atoms with Crippen molar-refractivity contribution in [3.05, 3.63) is 66.0 Å². The number of rotatable bonds is 9. The Morgan fingerprint density at radius 1 is 1.10 bits per heavy atom. The molecule has 8 heteroatoms. The molecule has 1 heterocycles. The molecule has 158 valence electrons. The van der Waals surface area contributed by atoms with E-state index in [1.165, 1.54) is 11.8 Å². The van der Waals surface area contributed by atoms with Crippen LogP contribution in [0, 0.1) is 0 Å². The van der Waals surface area contributed by atoms with Crippen molar-refractivity contribution in [2.24, 2.45) is 7.05 Å². The van der Waals surface area contributed by atoms with E-state index >= 15 is 0 Å². The molecular weight excluding hydrogens is 400 g/mol. The summed E-state index contributed by atoms with van der Waals surface area (Å²) < 4.78 is 13.0. The Morgan fingerprint density at radius 2 is 1.83 bits per heavy atom. The summed E-state index contributed by atoms with van der Waals surface area (Å²) in [6.07, 6.45) is -0.309. The number of thioether (sulfide) groups is 1. The topological polar surface area (TPSA) is 78.3 Å². The van der Waals surface area contributed by atoms with Crippen molar-refractivity contribution in [1.29, 1.82) is 0 Å². The molecule has 0 aliphatic heterocycles. The molecule has 2 aromatic carbocycles. The SMILES string of the molecule is COc1cccc(OC(C)c2nnc(SCC(=O)NC(C)c3ccccc3)n2C)c1. The maximum absolute atomic E-state index is 12.3. The van der Waals surface area contributed by atoms with Crippen molar-refractivity contribution in [3.8, 4) is 11.5 Å². The van der Waals surface area contributed by atoms with Crippen LogP contribution < -0.4 is 14.8 Å². The summed E-state index contributed by atoms with van der Waals surface area (Å²) in [5.41, 5.74) is 1.07. The largest absolute Gasteiger partial charge is 0.497 e. The van der Waals surface area contributed by atoms with Gasteiger partial charge in [0.15, 0.2) is 17.1 Å². The standard InChI is InChI=1S/C22H26N4O3S/c1-15(17-9-6-5-7-10-17)23-20(27)14-30-22-25-24-21(26(22)3)16(2)29-19-12-8-11-18(13-19)28-4/h5-13,15-16H,14H2,1-4H3,(H,23,27). The number of benzene rings is 2. The van der Waals surface area contributed by atoms with Gasteiger partial charge in [-0.25, -0.2) is 0 Å². The van der Waals surface area contributed by atoms with Gasteiger partial charge in [0, 0.05) is 13.1 Å². The van der Waals surface area contributed by atoms with Crippen LogP contribution in [0.5, 0.6) is 11.5 Å². The molecule has 0 saturated heterocycles. The van der Waals surface area contributed by atoms with E-state index in [9.17, 15) is 4.79 Å². The molecular formula is C22H26N4O3S. The first-order chi connectivity index (χ1) is 14.5. The number of carbonyl (C=O) groups is 1. The lowest BCUT2D eigenvalue weighted by atomic mass is 10.1. The summed E-state index contributed by atoms with van der Waals surface area (Å²) in [4.78, 5) is 12.3. The van der Waals surface area contributed by atoms with E-state index in [-0.39, 0.29) is 23.8 Å². The van der Waals surface area contributed by atoms with Gasteiger partial charge >= 0.3 is 0 Å². The van der Waals surface area contributed by atoms with Crippen LogP contribution in [0.3, 0.4) is 0 Å². The first-order valence-electron chi connectivity index (χ1n) is 9.65. The Kier molecular flexibility index (Phi) is 7.35. The Morgan fingerprint density at radius 3 is 2.57 bits per heavy atom. The summed E-state index contributed by atoms with van der Waals surface area (Å²) in [6, 6.07) is 17.2. The van der Waals surface area contributed by atoms with Crippen molar-refractivity contribution in [3.63, 3.8) is 0 Å². The number of nitrogens with one attached hydrogen (secondary N) is 1. The summed E-state index contributed by atoms with van der Waals surface area (Å²) in [5.74, 6) is 2.30. The van der Waals surface area contributed by atoms with Crippen LogP contribution in [0.1, 0.15) is 37.4 Å². The second-order valence-corrected chi connectivity index (χ2v) is 7.77. The minimum absolute atomic E-state index is 0.0503. The van der Waals surface area contributed by atoms with Crippen molar-refractivity contribution in [1.82, 2.24) is 20.1 Å². The third-order valence-corrected chi connectivity index (χ3v) is 5.62. The zero-order chi connectivity index (χ0) is 21.5. The van der Waals surface area contributed by atoms with Gasteiger partial charge in [-0.1, -0.05) is 48.2 Å². The predicted molar refractivity (Wildman–Crippen MR) is 117 cm³/mol. The normalized spacial score (nSPS) is 12.8. The molecule has 0 aliphatic rings. The highest BCUT2D eigenvalue weighted by molar-refractivity contribution is 7.99. The highest BCUT2D eigenvalue weighted by Crippen LogP contribution is 2.26. The predicted octanol–water partition coefficient (Wildman–Crippen LogP) is 3.93. The number of methoxy groups -OCH3 is 1. The minimum Gasteiger partial charge on any atom is -0.497 e. The van der Waals surface area contributed by atoms with Crippen molar-refractivity contribution in [2.75, 3.05) is 12.9 Å². The van der Waals surface area contributed by atoms with Crippen LogP contribution in [0.4, 0.5) is 0 Å². The highest BCUT2D eigenvalue weighted by atomic mass is 32.2. The monoisotopic (exact) mass is 426 g/mol. The van der Waals surface area contributed by atoms with Crippen molar-refractivity contribution >= 4 is 17.7 Å². The van der Waals surface area contributed by atoms with Crippen LogP contribution in [-0.4, -0.2) is 33.5 Å². The van der Waals surface area contributed by atoms with Crippen LogP contribution >= 0.6 is 11.8 Å².